The van der Waals surface area contributed by atoms with Crippen LogP contribution < -0.4 is 10.6 Å². The number of aryl methyl sites for hydroxylation is 1. The molecule has 0 spiro atoms. The average molecular weight is 272 g/mol. The monoisotopic (exact) mass is 272 g/mol. The third-order valence-corrected chi connectivity index (χ3v) is 4.68. The number of benzene rings is 1. The maximum absolute atomic E-state index is 12.2. The summed E-state index contributed by atoms with van der Waals surface area (Å²) < 4.78 is 0. The third kappa shape index (κ3) is 3.21. The molecule has 1 atom stereocenters. The van der Waals surface area contributed by atoms with Gasteiger partial charge in [0.1, 0.15) is 0 Å². The lowest BCUT2D eigenvalue weighted by Gasteiger charge is -2.20. The predicted octanol–water partition coefficient (Wildman–Crippen LogP) is 2.19. The molecule has 1 aromatic carbocycles. The fraction of sp³-hybridized carbons (Fsp3) is 0.588. The third-order valence-electron chi connectivity index (χ3n) is 4.68. The standard InChI is InChI=1S/C17H24N2O/c1-13-4-2-3-5-15(13)11-17(7-8-17)19-16(20)10-14-6-9-18-12-14/h2-5,14,18H,6-12H2,1H3,(H,19,20)/t14-/m1/s1. The van der Waals surface area contributed by atoms with Gasteiger partial charge in [0.15, 0.2) is 0 Å². The SMILES string of the molecule is Cc1ccccc1CC1(NC(=O)C[C@H]2CCNC2)CC1. The van der Waals surface area contributed by atoms with E-state index < -0.39 is 0 Å². The van der Waals surface area contributed by atoms with Gasteiger partial charge in [-0.25, -0.2) is 0 Å². The highest BCUT2D eigenvalue weighted by atomic mass is 16.1. The average Bonchev–Trinajstić information content (AvgIpc) is 2.96. The van der Waals surface area contributed by atoms with Gasteiger partial charge in [0.05, 0.1) is 0 Å². The Morgan fingerprint density at radius 1 is 1.40 bits per heavy atom. The number of amides is 1. The zero-order valence-electron chi connectivity index (χ0n) is 12.2. The Morgan fingerprint density at radius 3 is 2.85 bits per heavy atom. The molecule has 1 saturated carbocycles. The van der Waals surface area contributed by atoms with Crippen molar-refractivity contribution in [3.05, 3.63) is 35.4 Å². The van der Waals surface area contributed by atoms with Gasteiger partial charge in [0, 0.05) is 12.0 Å². The molecule has 20 heavy (non-hydrogen) atoms. The van der Waals surface area contributed by atoms with E-state index in [0.29, 0.717) is 12.3 Å². The number of carbonyl (C=O) groups excluding carboxylic acids is 1. The highest BCUT2D eigenvalue weighted by Gasteiger charge is 2.44. The smallest absolute Gasteiger partial charge is 0.220 e. The zero-order chi connectivity index (χ0) is 14.0. The first-order valence-electron chi connectivity index (χ1n) is 7.73. The zero-order valence-corrected chi connectivity index (χ0v) is 12.2. The van der Waals surface area contributed by atoms with Crippen LogP contribution in [0.25, 0.3) is 0 Å². The number of nitrogens with one attached hydrogen (secondary N) is 2. The van der Waals surface area contributed by atoms with Crippen LogP contribution in [0.4, 0.5) is 0 Å². The van der Waals surface area contributed by atoms with Crippen molar-refractivity contribution in [2.75, 3.05) is 13.1 Å². The summed E-state index contributed by atoms with van der Waals surface area (Å²) in [7, 11) is 0. The van der Waals surface area contributed by atoms with E-state index in [1.807, 2.05) is 0 Å². The number of hydrogen-bond acceptors (Lipinski definition) is 2. The molecule has 1 amide bonds. The van der Waals surface area contributed by atoms with E-state index in [2.05, 4.69) is 41.8 Å². The molecular formula is C17H24N2O. The van der Waals surface area contributed by atoms with Crippen LogP contribution in [-0.2, 0) is 11.2 Å². The second-order valence-electron chi connectivity index (χ2n) is 6.49. The molecule has 1 aliphatic carbocycles. The largest absolute Gasteiger partial charge is 0.350 e. The molecule has 2 aliphatic rings. The van der Waals surface area contributed by atoms with Crippen molar-refractivity contribution in [1.82, 2.24) is 10.6 Å². The van der Waals surface area contributed by atoms with Crippen LogP contribution in [0, 0.1) is 12.8 Å². The number of rotatable bonds is 5. The first-order valence-corrected chi connectivity index (χ1v) is 7.73. The Morgan fingerprint density at radius 2 is 2.20 bits per heavy atom. The van der Waals surface area contributed by atoms with Gasteiger partial charge in [-0.1, -0.05) is 24.3 Å². The molecule has 2 N–H and O–H groups in total. The van der Waals surface area contributed by atoms with E-state index in [9.17, 15) is 4.79 Å². The Kier molecular flexibility index (Phi) is 3.79. The van der Waals surface area contributed by atoms with Gasteiger partial charge >= 0.3 is 0 Å². The molecule has 1 aromatic rings. The molecule has 1 saturated heterocycles. The minimum atomic E-state index is 0.0508. The lowest BCUT2D eigenvalue weighted by atomic mass is 9.98. The maximum atomic E-state index is 12.2. The minimum absolute atomic E-state index is 0.0508. The highest BCUT2D eigenvalue weighted by Crippen LogP contribution is 2.39. The molecule has 108 valence electrons. The summed E-state index contributed by atoms with van der Waals surface area (Å²) in [5.74, 6) is 0.772. The van der Waals surface area contributed by atoms with Crippen molar-refractivity contribution in [3.63, 3.8) is 0 Å². The van der Waals surface area contributed by atoms with Crippen molar-refractivity contribution < 1.29 is 4.79 Å². The lowest BCUT2D eigenvalue weighted by molar-refractivity contribution is -0.122. The van der Waals surface area contributed by atoms with Crippen LogP contribution in [0.1, 0.15) is 36.8 Å². The Balaban J connectivity index is 1.56. The van der Waals surface area contributed by atoms with Gasteiger partial charge in [-0.2, -0.15) is 0 Å². The number of hydrogen-bond donors (Lipinski definition) is 2. The van der Waals surface area contributed by atoms with Gasteiger partial charge in [0.25, 0.3) is 0 Å². The van der Waals surface area contributed by atoms with Gasteiger partial charge in [0.2, 0.25) is 5.91 Å². The van der Waals surface area contributed by atoms with Crippen LogP contribution in [0.2, 0.25) is 0 Å². The molecule has 2 fully saturated rings. The van der Waals surface area contributed by atoms with E-state index in [0.717, 1.165) is 38.8 Å². The van der Waals surface area contributed by atoms with Crippen LogP contribution >= 0.6 is 0 Å². The molecule has 1 heterocycles. The van der Waals surface area contributed by atoms with E-state index in [-0.39, 0.29) is 11.4 Å². The summed E-state index contributed by atoms with van der Waals surface area (Å²) in [5, 5.41) is 6.63. The molecule has 0 radical (unpaired) electrons. The fourth-order valence-corrected chi connectivity index (χ4v) is 3.17. The molecule has 3 rings (SSSR count). The van der Waals surface area contributed by atoms with Gasteiger partial charge in [-0.15, -0.1) is 0 Å². The van der Waals surface area contributed by atoms with Gasteiger partial charge in [-0.3, -0.25) is 4.79 Å². The topological polar surface area (TPSA) is 41.1 Å². The van der Waals surface area contributed by atoms with Gasteiger partial charge in [-0.05, 0) is 62.7 Å². The molecule has 0 aromatic heterocycles. The summed E-state index contributed by atoms with van der Waals surface area (Å²) in [6.45, 7) is 4.21. The molecule has 0 bridgehead atoms. The van der Waals surface area contributed by atoms with Crippen molar-refractivity contribution in [3.8, 4) is 0 Å². The van der Waals surface area contributed by atoms with Crippen molar-refractivity contribution in [2.24, 2.45) is 5.92 Å². The Bertz CT molecular complexity index is 488. The Hall–Kier alpha value is -1.35. The molecule has 1 aliphatic heterocycles. The van der Waals surface area contributed by atoms with Crippen molar-refractivity contribution in [1.29, 1.82) is 0 Å². The fourth-order valence-electron chi connectivity index (χ4n) is 3.17. The first-order chi connectivity index (χ1) is 9.67. The summed E-state index contributed by atoms with van der Waals surface area (Å²) >= 11 is 0. The molecule has 3 nitrogen and oxygen atoms in total. The summed E-state index contributed by atoms with van der Waals surface area (Å²) in [4.78, 5) is 12.2. The van der Waals surface area contributed by atoms with Crippen LogP contribution in [0.3, 0.4) is 0 Å². The second-order valence-corrected chi connectivity index (χ2v) is 6.49. The predicted molar refractivity (Wildman–Crippen MR) is 80.6 cm³/mol. The van der Waals surface area contributed by atoms with Crippen LogP contribution in [0.15, 0.2) is 24.3 Å². The van der Waals surface area contributed by atoms with Crippen LogP contribution in [0.5, 0.6) is 0 Å². The number of carbonyl (C=O) groups is 1. The van der Waals surface area contributed by atoms with E-state index in [4.69, 9.17) is 0 Å². The summed E-state index contributed by atoms with van der Waals surface area (Å²) in [6, 6.07) is 8.49. The summed E-state index contributed by atoms with van der Waals surface area (Å²) in [5.41, 5.74) is 2.75. The molecule has 3 heteroatoms. The van der Waals surface area contributed by atoms with Gasteiger partial charge < -0.3 is 10.6 Å². The molecular weight excluding hydrogens is 248 g/mol. The summed E-state index contributed by atoms with van der Waals surface area (Å²) in [6.07, 6.45) is 5.04. The quantitative estimate of drug-likeness (QED) is 0.862. The van der Waals surface area contributed by atoms with Crippen molar-refractivity contribution in [2.45, 2.75) is 44.6 Å². The van der Waals surface area contributed by atoms with Crippen LogP contribution in [-0.4, -0.2) is 24.5 Å². The second kappa shape index (κ2) is 5.57. The lowest BCUT2D eigenvalue weighted by Crippen LogP contribution is -2.39. The molecule has 0 unspecified atom stereocenters. The minimum Gasteiger partial charge on any atom is -0.350 e. The van der Waals surface area contributed by atoms with Crippen molar-refractivity contribution >= 4 is 5.91 Å². The highest BCUT2D eigenvalue weighted by molar-refractivity contribution is 5.77. The Labute approximate surface area is 121 Å². The first kappa shape index (κ1) is 13.6. The van der Waals surface area contributed by atoms with E-state index in [1.165, 1.54) is 11.1 Å². The normalized spacial score (nSPS) is 23.6. The van der Waals surface area contributed by atoms with E-state index >= 15 is 0 Å². The maximum Gasteiger partial charge on any atom is 0.220 e. The van der Waals surface area contributed by atoms with E-state index in [1.54, 1.807) is 0 Å².